The van der Waals surface area contributed by atoms with E-state index in [0.29, 0.717) is 23.5 Å². The third kappa shape index (κ3) is 1.96. The predicted octanol–water partition coefficient (Wildman–Crippen LogP) is 3.56. The molecule has 0 amide bonds. The number of hydrogen-bond acceptors (Lipinski definition) is 3. The van der Waals surface area contributed by atoms with Crippen molar-refractivity contribution in [2.24, 2.45) is 0 Å². The maximum absolute atomic E-state index is 11.8. The highest BCUT2D eigenvalue weighted by molar-refractivity contribution is 6.03. The molecular weight excluding hydrogens is 216 g/mol. The van der Waals surface area contributed by atoms with Crippen LogP contribution in [0.15, 0.2) is 29.2 Å². The largest absolute Gasteiger partial charge is 0.462 e. The van der Waals surface area contributed by atoms with E-state index >= 15 is 0 Å². The molecule has 0 N–H and O–H groups in total. The van der Waals surface area contributed by atoms with Crippen LogP contribution in [0.4, 0.5) is 0 Å². The minimum atomic E-state index is -0.359. The summed E-state index contributed by atoms with van der Waals surface area (Å²) in [6, 6.07) is 5.49. The summed E-state index contributed by atoms with van der Waals surface area (Å²) in [5, 5.41) is 0.922. The van der Waals surface area contributed by atoms with Gasteiger partial charge in [-0.3, -0.25) is 0 Å². The number of ether oxygens (including phenoxy) is 1. The van der Waals surface area contributed by atoms with E-state index in [4.69, 9.17) is 9.15 Å². The lowest BCUT2D eigenvalue weighted by atomic mass is 10.1. The van der Waals surface area contributed by atoms with Crippen LogP contribution in [0.25, 0.3) is 17.0 Å². The van der Waals surface area contributed by atoms with E-state index < -0.39 is 0 Å². The monoisotopic (exact) mass is 230 g/mol. The van der Waals surface area contributed by atoms with Crippen molar-refractivity contribution in [2.75, 3.05) is 6.61 Å². The summed E-state index contributed by atoms with van der Waals surface area (Å²) in [6.45, 7) is 7.76. The Bertz CT molecular complexity index is 578. The number of benzene rings is 1. The number of hydrogen-bond donors (Lipinski definition) is 0. The number of furan rings is 1. The van der Waals surface area contributed by atoms with Crippen molar-refractivity contribution < 1.29 is 13.9 Å². The Kier molecular flexibility index (Phi) is 3.00. The molecule has 17 heavy (non-hydrogen) atoms. The Morgan fingerprint density at radius 2 is 2.29 bits per heavy atom. The van der Waals surface area contributed by atoms with E-state index in [-0.39, 0.29) is 5.97 Å². The molecule has 0 fully saturated rings. The highest BCUT2D eigenvalue weighted by Crippen LogP contribution is 2.27. The van der Waals surface area contributed by atoms with Crippen LogP contribution in [-0.4, -0.2) is 12.6 Å². The first-order valence-electron chi connectivity index (χ1n) is 5.50. The first kappa shape index (κ1) is 11.5. The van der Waals surface area contributed by atoms with E-state index in [0.717, 1.165) is 10.9 Å². The van der Waals surface area contributed by atoms with Gasteiger partial charge in [0.2, 0.25) is 0 Å². The Morgan fingerprint density at radius 3 is 2.94 bits per heavy atom. The first-order valence-corrected chi connectivity index (χ1v) is 5.50. The molecule has 0 saturated carbocycles. The van der Waals surface area contributed by atoms with Gasteiger partial charge in [0.25, 0.3) is 0 Å². The fourth-order valence-corrected chi connectivity index (χ4v) is 1.75. The summed E-state index contributed by atoms with van der Waals surface area (Å²) in [7, 11) is 0. The Morgan fingerprint density at radius 1 is 1.53 bits per heavy atom. The average Bonchev–Trinajstić information content (AvgIpc) is 2.74. The van der Waals surface area contributed by atoms with Gasteiger partial charge >= 0.3 is 5.97 Å². The second-order valence-corrected chi connectivity index (χ2v) is 3.75. The maximum Gasteiger partial charge on any atom is 0.341 e. The molecule has 0 bridgehead atoms. The summed E-state index contributed by atoms with van der Waals surface area (Å²) < 4.78 is 10.6. The molecular formula is C14H14O3. The molecule has 0 unspecified atom stereocenters. The Balaban J connectivity index is 2.64. The molecule has 0 aliphatic carbocycles. The van der Waals surface area contributed by atoms with Gasteiger partial charge in [0.05, 0.1) is 6.61 Å². The third-order valence-electron chi connectivity index (χ3n) is 2.62. The second kappa shape index (κ2) is 4.45. The van der Waals surface area contributed by atoms with Gasteiger partial charge in [0, 0.05) is 5.39 Å². The van der Waals surface area contributed by atoms with Crippen LogP contribution >= 0.6 is 0 Å². The second-order valence-electron chi connectivity index (χ2n) is 3.75. The summed E-state index contributed by atoms with van der Waals surface area (Å²) in [5.74, 6) is 0.294. The molecule has 1 heterocycles. The zero-order chi connectivity index (χ0) is 12.4. The molecule has 0 saturated heterocycles. The minimum Gasteiger partial charge on any atom is -0.462 e. The summed E-state index contributed by atoms with van der Waals surface area (Å²) in [6.07, 6.45) is 1.62. The summed E-state index contributed by atoms with van der Waals surface area (Å²) in [4.78, 5) is 11.8. The van der Waals surface area contributed by atoms with Crippen LogP contribution in [0.5, 0.6) is 0 Å². The van der Waals surface area contributed by atoms with Gasteiger partial charge in [-0.2, -0.15) is 0 Å². The molecule has 3 nitrogen and oxygen atoms in total. The van der Waals surface area contributed by atoms with Gasteiger partial charge in [0.15, 0.2) is 0 Å². The molecule has 2 rings (SSSR count). The van der Waals surface area contributed by atoms with Crippen molar-refractivity contribution in [1.29, 1.82) is 0 Å². The Labute approximate surface area is 99.7 Å². The fraction of sp³-hybridized carbons (Fsp3) is 0.214. The topological polar surface area (TPSA) is 39.4 Å². The van der Waals surface area contributed by atoms with Crippen molar-refractivity contribution in [2.45, 2.75) is 13.8 Å². The first-order chi connectivity index (χ1) is 8.17. The molecule has 0 aliphatic rings. The van der Waals surface area contributed by atoms with Gasteiger partial charge in [-0.1, -0.05) is 12.6 Å². The van der Waals surface area contributed by atoms with Crippen LogP contribution in [-0.2, 0) is 4.74 Å². The van der Waals surface area contributed by atoms with Crippen molar-refractivity contribution >= 4 is 23.0 Å². The van der Waals surface area contributed by atoms with E-state index in [9.17, 15) is 4.79 Å². The maximum atomic E-state index is 11.8. The van der Waals surface area contributed by atoms with Crippen molar-refractivity contribution in [3.8, 4) is 0 Å². The lowest BCUT2D eigenvalue weighted by Gasteiger charge is -2.03. The lowest BCUT2D eigenvalue weighted by Crippen LogP contribution is -2.04. The number of carbonyl (C=O) groups excluding carboxylic acids is 1. The van der Waals surface area contributed by atoms with Crippen molar-refractivity contribution in [3.05, 3.63) is 41.7 Å². The van der Waals surface area contributed by atoms with E-state index in [1.54, 1.807) is 19.1 Å². The molecule has 0 spiro atoms. The number of fused-ring (bicyclic) bond motifs is 1. The smallest absolute Gasteiger partial charge is 0.341 e. The minimum absolute atomic E-state index is 0.350. The van der Waals surface area contributed by atoms with Gasteiger partial charge in [-0.05, 0) is 37.6 Å². The predicted molar refractivity (Wildman–Crippen MR) is 67.0 cm³/mol. The van der Waals surface area contributed by atoms with Crippen LogP contribution < -0.4 is 0 Å². The summed E-state index contributed by atoms with van der Waals surface area (Å²) >= 11 is 0. The zero-order valence-corrected chi connectivity index (χ0v) is 9.95. The highest BCUT2D eigenvalue weighted by atomic mass is 16.5. The molecule has 0 aliphatic heterocycles. The molecule has 3 heteroatoms. The number of carbonyl (C=O) groups is 1. The van der Waals surface area contributed by atoms with Crippen LogP contribution in [0, 0.1) is 6.92 Å². The van der Waals surface area contributed by atoms with E-state index in [1.807, 2.05) is 19.1 Å². The van der Waals surface area contributed by atoms with Crippen LogP contribution in [0.2, 0.25) is 0 Å². The van der Waals surface area contributed by atoms with Crippen LogP contribution in [0.1, 0.15) is 28.6 Å². The number of rotatable bonds is 3. The highest BCUT2D eigenvalue weighted by Gasteiger charge is 2.16. The third-order valence-corrected chi connectivity index (χ3v) is 2.62. The van der Waals surface area contributed by atoms with Gasteiger partial charge in [0.1, 0.15) is 16.9 Å². The standard InChI is InChI=1S/C14H14O3/c1-4-10-8-12-9(3)6-7-11(13(12)17-10)14(15)16-5-2/h4,6-8H,1,5H2,2-3H3. The van der Waals surface area contributed by atoms with E-state index in [2.05, 4.69) is 6.58 Å². The molecule has 0 radical (unpaired) electrons. The Hall–Kier alpha value is -2.03. The van der Waals surface area contributed by atoms with Gasteiger partial charge in [-0.15, -0.1) is 0 Å². The number of esters is 1. The van der Waals surface area contributed by atoms with E-state index in [1.165, 1.54) is 0 Å². The number of aryl methyl sites for hydroxylation is 1. The van der Waals surface area contributed by atoms with Gasteiger partial charge < -0.3 is 9.15 Å². The quantitative estimate of drug-likeness (QED) is 0.757. The SMILES string of the molecule is C=Cc1cc2c(C)ccc(C(=O)OCC)c2o1. The molecule has 1 aromatic heterocycles. The zero-order valence-electron chi connectivity index (χ0n) is 9.95. The normalized spacial score (nSPS) is 10.5. The fourth-order valence-electron chi connectivity index (χ4n) is 1.75. The molecule has 88 valence electrons. The molecule has 0 atom stereocenters. The van der Waals surface area contributed by atoms with Crippen molar-refractivity contribution in [1.82, 2.24) is 0 Å². The average molecular weight is 230 g/mol. The van der Waals surface area contributed by atoms with Gasteiger partial charge in [-0.25, -0.2) is 4.79 Å². The van der Waals surface area contributed by atoms with Crippen molar-refractivity contribution in [3.63, 3.8) is 0 Å². The van der Waals surface area contributed by atoms with Crippen LogP contribution in [0.3, 0.4) is 0 Å². The lowest BCUT2D eigenvalue weighted by molar-refractivity contribution is 0.0527. The summed E-state index contributed by atoms with van der Waals surface area (Å²) in [5.41, 5.74) is 2.09. The molecule has 2 aromatic rings. The molecule has 1 aromatic carbocycles.